The van der Waals surface area contributed by atoms with E-state index in [-0.39, 0.29) is 16.0 Å². The van der Waals surface area contributed by atoms with Gasteiger partial charge in [0.1, 0.15) is 5.52 Å². The first-order valence-corrected chi connectivity index (χ1v) is 6.51. The summed E-state index contributed by atoms with van der Waals surface area (Å²) in [4.78, 5) is 3.87. The maximum atomic E-state index is 12.6. The number of benzene rings is 1. The number of nitrogens with zero attached hydrogens (tertiary/aromatic N) is 1. The Labute approximate surface area is 101 Å². The van der Waals surface area contributed by atoms with E-state index in [1.54, 1.807) is 24.3 Å². The normalized spacial score (nSPS) is 12.5. The highest BCUT2D eigenvalue weighted by Crippen LogP contribution is 2.46. The second-order valence-corrected chi connectivity index (χ2v) is 5.20. The summed E-state index contributed by atoms with van der Waals surface area (Å²) in [7, 11) is 0.123. The van der Waals surface area contributed by atoms with Gasteiger partial charge in [0.15, 0.2) is 5.58 Å². The molecule has 17 heavy (non-hydrogen) atoms. The Bertz CT molecular complexity index is 483. The van der Waals surface area contributed by atoms with E-state index in [1.165, 1.54) is 0 Å². The Morgan fingerprint density at radius 1 is 1.24 bits per heavy atom. The van der Waals surface area contributed by atoms with E-state index in [2.05, 4.69) is 4.98 Å². The SMILES string of the molecule is FC(F)C(F)(F)SSc1nc2ccccc2o1. The topological polar surface area (TPSA) is 26.0 Å². The monoisotopic (exact) mass is 283 g/mol. The molecule has 0 aliphatic carbocycles. The standard InChI is InChI=1S/C9H5F4NOS2/c10-7(11)9(12,13)17-16-8-14-5-3-1-2-4-6(5)15-8/h1-4,7H. The van der Waals surface area contributed by atoms with Crippen molar-refractivity contribution < 1.29 is 22.0 Å². The average Bonchev–Trinajstić information content (AvgIpc) is 2.69. The van der Waals surface area contributed by atoms with Crippen molar-refractivity contribution in [2.24, 2.45) is 0 Å². The van der Waals surface area contributed by atoms with Gasteiger partial charge >= 0.3 is 11.7 Å². The average molecular weight is 283 g/mol. The van der Waals surface area contributed by atoms with Crippen molar-refractivity contribution in [3.63, 3.8) is 0 Å². The number of rotatable bonds is 4. The summed E-state index contributed by atoms with van der Waals surface area (Å²) < 4.78 is 54.1. The van der Waals surface area contributed by atoms with Crippen LogP contribution in [0.1, 0.15) is 0 Å². The summed E-state index contributed by atoms with van der Waals surface area (Å²) >= 11 is 0. The molecular formula is C9H5F4NOS2. The number of aromatic nitrogens is 1. The van der Waals surface area contributed by atoms with Crippen LogP contribution in [0.4, 0.5) is 17.6 Å². The first-order valence-electron chi connectivity index (χ1n) is 4.36. The fourth-order valence-electron chi connectivity index (χ4n) is 1.01. The van der Waals surface area contributed by atoms with Crippen molar-refractivity contribution in [1.29, 1.82) is 0 Å². The number of para-hydroxylation sites is 2. The molecule has 8 heteroatoms. The lowest BCUT2D eigenvalue weighted by molar-refractivity contribution is -0.0552. The molecule has 2 nitrogen and oxygen atoms in total. The van der Waals surface area contributed by atoms with E-state index < -0.39 is 11.7 Å². The largest absolute Gasteiger partial charge is 0.431 e. The Morgan fingerprint density at radius 3 is 2.59 bits per heavy atom. The van der Waals surface area contributed by atoms with Gasteiger partial charge in [-0.1, -0.05) is 12.1 Å². The first-order chi connectivity index (χ1) is 7.99. The van der Waals surface area contributed by atoms with E-state index in [0.717, 1.165) is 0 Å². The lowest BCUT2D eigenvalue weighted by atomic mass is 10.3. The highest BCUT2D eigenvalue weighted by molar-refractivity contribution is 8.77. The van der Waals surface area contributed by atoms with Crippen molar-refractivity contribution in [2.45, 2.75) is 16.9 Å². The summed E-state index contributed by atoms with van der Waals surface area (Å²) in [5, 5.41) is -4.19. The third kappa shape index (κ3) is 2.86. The molecule has 0 unspecified atom stereocenters. The van der Waals surface area contributed by atoms with Crippen LogP contribution in [0.15, 0.2) is 33.9 Å². The Hall–Kier alpha value is -0.890. The molecule has 0 amide bonds. The molecule has 0 radical (unpaired) electrons. The van der Waals surface area contributed by atoms with Gasteiger partial charge in [-0.25, -0.2) is 13.8 Å². The van der Waals surface area contributed by atoms with Crippen LogP contribution in [0.3, 0.4) is 0 Å². The molecular weight excluding hydrogens is 278 g/mol. The smallest absolute Gasteiger partial charge is 0.363 e. The van der Waals surface area contributed by atoms with Crippen LogP contribution in [0.5, 0.6) is 0 Å². The van der Waals surface area contributed by atoms with Crippen LogP contribution < -0.4 is 0 Å². The molecule has 0 spiro atoms. The highest BCUT2D eigenvalue weighted by Gasteiger charge is 2.42. The summed E-state index contributed by atoms with van der Waals surface area (Å²) in [5.74, 6) is 0. The first kappa shape index (κ1) is 12.6. The van der Waals surface area contributed by atoms with E-state index >= 15 is 0 Å². The lowest BCUT2D eigenvalue weighted by Crippen LogP contribution is -2.20. The van der Waals surface area contributed by atoms with E-state index in [4.69, 9.17) is 4.42 Å². The molecule has 0 atom stereocenters. The summed E-state index contributed by atoms with van der Waals surface area (Å²) in [6.45, 7) is 0. The maximum absolute atomic E-state index is 12.6. The Kier molecular flexibility index (Phi) is 3.53. The van der Waals surface area contributed by atoms with Crippen molar-refractivity contribution in [3.8, 4) is 0 Å². The molecule has 92 valence electrons. The van der Waals surface area contributed by atoms with E-state index in [0.29, 0.717) is 21.9 Å². The van der Waals surface area contributed by atoms with Gasteiger partial charge in [0, 0.05) is 10.8 Å². The number of hydrogen-bond acceptors (Lipinski definition) is 4. The molecule has 1 aromatic carbocycles. The fraction of sp³-hybridized carbons (Fsp3) is 0.222. The minimum atomic E-state index is -4.12. The number of alkyl halides is 4. The zero-order valence-corrected chi connectivity index (χ0v) is 9.70. The highest BCUT2D eigenvalue weighted by atomic mass is 33.1. The second kappa shape index (κ2) is 4.77. The van der Waals surface area contributed by atoms with Crippen LogP contribution in [-0.2, 0) is 0 Å². The number of hydrogen-bond donors (Lipinski definition) is 0. The summed E-state index contributed by atoms with van der Waals surface area (Å²) in [5.41, 5.74) is 0.923. The van der Waals surface area contributed by atoms with Crippen LogP contribution in [0, 0.1) is 0 Å². The number of halogens is 4. The second-order valence-electron chi connectivity index (χ2n) is 2.98. The predicted molar refractivity (Wildman–Crippen MR) is 58.4 cm³/mol. The molecule has 0 saturated carbocycles. The molecule has 0 aliphatic heterocycles. The molecule has 1 heterocycles. The minimum absolute atomic E-state index is 0.0727. The van der Waals surface area contributed by atoms with Gasteiger partial charge in [-0.15, -0.1) is 0 Å². The van der Waals surface area contributed by atoms with Gasteiger partial charge in [0.05, 0.1) is 0 Å². The van der Waals surface area contributed by atoms with E-state index in [1.807, 2.05) is 0 Å². The lowest BCUT2D eigenvalue weighted by Gasteiger charge is -2.11. The van der Waals surface area contributed by atoms with Crippen molar-refractivity contribution in [1.82, 2.24) is 4.98 Å². The number of fused-ring (bicyclic) bond motifs is 1. The quantitative estimate of drug-likeness (QED) is 0.612. The van der Waals surface area contributed by atoms with Crippen LogP contribution in [0.2, 0.25) is 0 Å². The van der Waals surface area contributed by atoms with Crippen molar-refractivity contribution in [3.05, 3.63) is 24.3 Å². The molecule has 2 rings (SSSR count). The van der Waals surface area contributed by atoms with Gasteiger partial charge in [0.25, 0.3) is 5.22 Å². The summed E-state index contributed by atoms with van der Waals surface area (Å²) in [6.07, 6.45) is -3.72. The zero-order valence-electron chi connectivity index (χ0n) is 8.07. The van der Waals surface area contributed by atoms with Crippen LogP contribution in [-0.4, -0.2) is 16.7 Å². The number of oxazole rings is 1. The Morgan fingerprint density at radius 2 is 1.94 bits per heavy atom. The van der Waals surface area contributed by atoms with Gasteiger partial charge in [-0.05, 0) is 22.9 Å². The third-order valence-corrected chi connectivity index (χ3v) is 3.90. The van der Waals surface area contributed by atoms with Gasteiger partial charge in [-0.2, -0.15) is 8.78 Å². The Balaban J connectivity index is 2.09. The molecule has 0 bridgehead atoms. The van der Waals surface area contributed by atoms with Crippen molar-refractivity contribution >= 4 is 32.7 Å². The summed E-state index contributed by atoms with van der Waals surface area (Å²) in [6, 6.07) is 6.66. The molecule has 0 fully saturated rings. The maximum Gasteiger partial charge on any atom is 0.363 e. The zero-order chi connectivity index (χ0) is 12.5. The molecule has 0 saturated heterocycles. The minimum Gasteiger partial charge on any atom is -0.431 e. The fourth-order valence-corrected chi connectivity index (χ4v) is 2.51. The molecule has 0 aliphatic rings. The van der Waals surface area contributed by atoms with Gasteiger partial charge in [0.2, 0.25) is 0 Å². The van der Waals surface area contributed by atoms with E-state index in [9.17, 15) is 17.6 Å². The van der Waals surface area contributed by atoms with Crippen LogP contribution in [0.25, 0.3) is 11.1 Å². The molecule has 2 aromatic rings. The predicted octanol–water partition coefficient (Wildman–Crippen LogP) is 4.43. The molecule has 0 N–H and O–H groups in total. The van der Waals surface area contributed by atoms with Gasteiger partial charge < -0.3 is 4.42 Å². The molecule has 1 aromatic heterocycles. The third-order valence-electron chi connectivity index (χ3n) is 1.75. The van der Waals surface area contributed by atoms with Gasteiger partial charge in [-0.3, -0.25) is 0 Å². The van der Waals surface area contributed by atoms with Crippen molar-refractivity contribution in [2.75, 3.05) is 0 Å². The van der Waals surface area contributed by atoms with Crippen LogP contribution >= 0.6 is 21.6 Å².